The lowest BCUT2D eigenvalue weighted by Crippen LogP contribution is -2.57. The van der Waals surface area contributed by atoms with Crippen molar-refractivity contribution >= 4 is 0 Å². The second-order valence-electron chi connectivity index (χ2n) is 7.97. The van der Waals surface area contributed by atoms with Crippen LogP contribution in [-0.2, 0) is 18.4 Å². The molecule has 2 aromatic carbocycles. The number of aryl methyl sites for hydroxylation is 1. The van der Waals surface area contributed by atoms with Crippen molar-refractivity contribution in [2.75, 3.05) is 6.54 Å². The van der Waals surface area contributed by atoms with E-state index in [1.165, 1.54) is 22.3 Å². The standard InChI is InChI=1S/C22H27NO/c1-15-6-4-5-7-18(15)14-23-11-10-22(3)16(2)21(23)12-17-8-9-19(24)13-20(17)22/h4-9,13,16,21,24H,10-12,14H2,1-3H3/t16-,21+,22+/m1/s1. The van der Waals surface area contributed by atoms with Gasteiger partial charge in [0.2, 0.25) is 0 Å². The van der Waals surface area contributed by atoms with E-state index in [2.05, 4.69) is 56.0 Å². The van der Waals surface area contributed by atoms with E-state index in [0.717, 1.165) is 25.9 Å². The molecule has 1 heterocycles. The zero-order valence-corrected chi connectivity index (χ0v) is 14.9. The molecule has 2 heteroatoms. The lowest BCUT2D eigenvalue weighted by molar-refractivity contribution is 0.0257. The molecule has 1 aliphatic carbocycles. The molecule has 1 fully saturated rings. The third-order valence-electron chi connectivity index (χ3n) is 6.74. The largest absolute Gasteiger partial charge is 0.508 e. The molecule has 0 spiro atoms. The van der Waals surface area contributed by atoms with Crippen LogP contribution < -0.4 is 0 Å². The summed E-state index contributed by atoms with van der Waals surface area (Å²) in [5.41, 5.74) is 5.82. The lowest BCUT2D eigenvalue weighted by atomic mass is 9.59. The van der Waals surface area contributed by atoms with E-state index >= 15 is 0 Å². The monoisotopic (exact) mass is 321 g/mol. The summed E-state index contributed by atoms with van der Waals surface area (Å²) in [5.74, 6) is 1.01. The summed E-state index contributed by atoms with van der Waals surface area (Å²) in [4.78, 5) is 2.69. The van der Waals surface area contributed by atoms with Crippen LogP contribution in [0.3, 0.4) is 0 Å². The summed E-state index contributed by atoms with van der Waals surface area (Å²) in [5, 5.41) is 9.95. The van der Waals surface area contributed by atoms with E-state index in [1.807, 2.05) is 12.1 Å². The Hall–Kier alpha value is -1.80. The van der Waals surface area contributed by atoms with Crippen LogP contribution in [0.2, 0.25) is 0 Å². The summed E-state index contributed by atoms with van der Waals surface area (Å²) in [7, 11) is 0. The normalized spacial score (nSPS) is 29.3. The van der Waals surface area contributed by atoms with Gasteiger partial charge in [0.1, 0.15) is 5.75 Å². The molecule has 1 aliphatic heterocycles. The Morgan fingerprint density at radius 3 is 2.79 bits per heavy atom. The van der Waals surface area contributed by atoms with E-state index in [0.29, 0.717) is 17.7 Å². The zero-order chi connectivity index (χ0) is 16.9. The highest BCUT2D eigenvalue weighted by Crippen LogP contribution is 2.49. The predicted molar refractivity (Wildman–Crippen MR) is 98.3 cm³/mol. The number of nitrogens with zero attached hydrogens (tertiary/aromatic N) is 1. The molecule has 126 valence electrons. The smallest absolute Gasteiger partial charge is 0.115 e. The molecular weight excluding hydrogens is 294 g/mol. The second kappa shape index (κ2) is 5.63. The van der Waals surface area contributed by atoms with Crippen molar-refractivity contribution in [3.63, 3.8) is 0 Å². The van der Waals surface area contributed by atoms with Gasteiger partial charge in [-0.1, -0.05) is 44.2 Å². The maximum Gasteiger partial charge on any atom is 0.115 e. The van der Waals surface area contributed by atoms with Crippen molar-refractivity contribution in [2.45, 2.75) is 51.6 Å². The van der Waals surface area contributed by atoms with Gasteiger partial charge in [-0.3, -0.25) is 4.90 Å². The molecule has 4 rings (SSSR count). The van der Waals surface area contributed by atoms with Crippen LogP contribution in [0.25, 0.3) is 0 Å². The Labute approximate surface area is 145 Å². The number of rotatable bonds is 2. The van der Waals surface area contributed by atoms with Crippen LogP contribution in [0, 0.1) is 12.8 Å². The molecule has 0 saturated carbocycles. The highest BCUT2D eigenvalue weighted by molar-refractivity contribution is 5.44. The molecule has 24 heavy (non-hydrogen) atoms. The van der Waals surface area contributed by atoms with Crippen LogP contribution in [0.4, 0.5) is 0 Å². The summed E-state index contributed by atoms with van der Waals surface area (Å²) >= 11 is 0. The van der Waals surface area contributed by atoms with Crippen molar-refractivity contribution in [3.05, 3.63) is 64.7 Å². The van der Waals surface area contributed by atoms with Gasteiger partial charge in [-0.15, -0.1) is 0 Å². The zero-order valence-electron chi connectivity index (χ0n) is 14.9. The first-order valence-corrected chi connectivity index (χ1v) is 9.10. The molecule has 1 N–H and O–H groups in total. The fraction of sp³-hybridized carbons (Fsp3) is 0.455. The Bertz CT molecular complexity index is 768. The Balaban J connectivity index is 1.68. The van der Waals surface area contributed by atoms with Gasteiger partial charge < -0.3 is 5.11 Å². The second-order valence-corrected chi connectivity index (χ2v) is 7.97. The predicted octanol–water partition coefficient (Wildman–Crippen LogP) is 4.43. The molecular formula is C22H27NO. The summed E-state index contributed by atoms with van der Waals surface area (Å²) < 4.78 is 0. The van der Waals surface area contributed by atoms with Crippen molar-refractivity contribution in [2.24, 2.45) is 5.92 Å². The molecule has 0 aromatic heterocycles. The first-order valence-electron chi connectivity index (χ1n) is 9.10. The van der Waals surface area contributed by atoms with Crippen molar-refractivity contribution in [1.29, 1.82) is 0 Å². The SMILES string of the molecule is Cc1ccccc1CN1CC[C@]2(C)c3cc(O)ccc3C[C@H]1[C@H]2C. The number of benzene rings is 2. The number of phenolic OH excluding ortho intramolecular Hbond substituents is 1. The number of hydrogen-bond donors (Lipinski definition) is 1. The van der Waals surface area contributed by atoms with Crippen molar-refractivity contribution < 1.29 is 5.11 Å². The maximum absolute atomic E-state index is 9.95. The fourth-order valence-corrected chi connectivity index (χ4v) is 4.90. The minimum Gasteiger partial charge on any atom is -0.508 e. The van der Waals surface area contributed by atoms with Gasteiger partial charge in [-0.25, -0.2) is 0 Å². The molecule has 2 aliphatic rings. The summed E-state index contributed by atoms with van der Waals surface area (Å²) in [6.45, 7) is 9.20. The van der Waals surface area contributed by atoms with Gasteiger partial charge in [-0.2, -0.15) is 0 Å². The van der Waals surface area contributed by atoms with Crippen LogP contribution in [0.15, 0.2) is 42.5 Å². The first kappa shape index (κ1) is 15.7. The van der Waals surface area contributed by atoms with Gasteiger partial charge in [-0.05, 0) is 72.0 Å². The van der Waals surface area contributed by atoms with Crippen molar-refractivity contribution in [3.8, 4) is 5.75 Å². The van der Waals surface area contributed by atoms with Gasteiger partial charge in [0.05, 0.1) is 0 Å². The van der Waals surface area contributed by atoms with Crippen LogP contribution >= 0.6 is 0 Å². The Kier molecular flexibility index (Phi) is 3.69. The number of hydrogen-bond acceptors (Lipinski definition) is 2. The molecule has 2 aromatic rings. The molecule has 0 unspecified atom stereocenters. The Morgan fingerprint density at radius 2 is 2.00 bits per heavy atom. The summed E-state index contributed by atoms with van der Waals surface area (Å²) in [6.07, 6.45) is 2.26. The maximum atomic E-state index is 9.95. The van der Waals surface area contributed by atoms with Crippen LogP contribution in [-0.4, -0.2) is 22.6 Å². The summed E-state index contributed by atoms with van der Waals surface area (Å²) in [6, 6.07) is 15.3. The molecule has 0 radical (unpaired) electrons. The van der Waals surface area contributed by atoms with Crippen molar-refractivity contribution in [1.82, 2.24) is 4.90 Å². The quantitative estimate of drug-likeness (QED) is 0.885. The molecule has 1 saturated heterocycles. The molecule has 0 amide bonds. The van der Waals surface area contributed by atoms with Gasteiger partial charge in [0, 0.05) is 12.6 Å². The third kappa shape index (κ3) is 2.36. The molecule has 3 atom stereocenters. The van der Waals surface area contributed by atoms with Gasteiger partial charge in [0.25, 0.3) is 0 Å². The van der Waals surface area contributed by atoms with E-state index < -0.39 is 0 Å². The minimum absolute atomic E-state index is 0.180. The Morgan fingerprint density at radius 1 is 1.21 bits per heavy atom. The molecule has 2 bridgehead atoms. The first-order chi connectivity index (χ1) is 11.5. The average molecular weight is 321 g/mol. The lowest BCUT2D eigenvalue weighted by Gasteiger charge is -2.54. The van der Waals surface area contributed by atoms with E-state index in [-0.39, 0.29) is 5.41 Å². The van der Waals surface area contributed by atoms with Crippen LogP contribution in [0.5, 0.6) is 5.75 Å². The highest BCUT2D eigenvalue weighted by Gasteiger charge is 2.48. The number of piperidine rings is 1. The number of fused-ring (bicyclic) bond motifs is 4. The number of aromatic hydroxyl groups is 1. The van der Waals surface area contributed by atoms with E-state index in [9.17, 15) is 5.11 Å². The average Bonchev–Trinajstić information content (AvgIpc) is 2.56. The van der Waals surface area contributed by atoms with E-state index in [1.54, 1.807) is 0 Å². The van der Waals surface area contributed by atoms with Crippen LogP contribution in [0.1, 0.15) is 42.5 Å². The third-order valence-corrected chi connectivity index (χ3v) is 6.74. The topological polar surface area (TPSA) is 23.5 Å². The van der Waals surface area contributed by atoms with E-state index in [4.69, 9.17) is 0 Å². The fourth-order valence-electron chi connectivity index (χ4n) is 4.90. The highest BCUT2D eigenvalue weighted by atomic mass is 16.3. The molecule has 2 nitrogen and oxygen atoms in total. The minimum atomic E-state index is 0.180. The number of phenols is 1. The number of likely N-dealkylation sites (tertiary alicyclic amines) is 1. The van der Waals surface area contributed by atoms with Gasteiger partial charge >= 0.3 is 0 Å². The van der Waals surface area contributed by atoms with Gasteiger partial charge in [0.15, 0.2) is 0 Å².